The minimum Gasteiger partial charge on any atom is -0.112 e. The second-order valence-corrected chi connectivity index (χ2v) is 13.1. The molecule has 0 bridgehead atoms. The first-order chi connectivity index (χ1) is 24.9. The first-order valence-corrected chi connectivity index (χ1v) is 17.0. The summed E-state index contributed by atoms with van der Waals surface area (Å²) >= 11 is 0. The van der Waals surface area contributed by atoms with E-state index in [0.717, 1.165) is 21.9 Å². The van der Waals surface area contributed by atoms with Gasteiger partial charge >= 0.3 is 0 Å². The number of rotatable bonds is 4. The molecule has 0 aromatic heterocycles. The molecule has 0 amide bonds. The lowest BCUT2D eigenvalue weighted by molar-refractivity contribution is 1.64. The van der Waals surface area contributed by atoms with Crippen molar-refractivity contribution in [3.8, 4) is 44.5 Å². The third-order valence-electron chi connectivity index (χ3n) is 10.3. The molecule has 51 heavy (non-hydrogen) atoms. The maximum atomic E-state index is 6.47. The average molecular weight is 632 g/mol. The Morgan fingerprint density at radius 3 is 1.22 bits per heavy atom. The van der Waals surface area contributed by atoms with Crippen molar-refractivity contribution in [3.05, 3.63) is 152 Å². The molecule has 0 aliphatic heterocycles. The zero-order valence-corrected chi connectivity index (χ0v) is 27.8. The highest BCUT2D eigenvalue weighted by Crippen LogP contribution is 2.46. The quantitative estimate of drug-likeness (QED) is 0.146. The molecule has 0 aliphatic carbocycles. The Bertz CT molecular complexity index is 2770. The maximum Gasteiger partial charge on any atom is 0.113 e. The van der Waals surface area contributed by atoms with E-state index in [9.17, 15) is 0 Å². The number of hydrogen-bond donors (Lipinski definition) is 0. The van der Waals surface area contributed by atoms with Crippen molar-refractivity contribution in [1.82, 2.24) is 0 Å². The van der Waals surface area contributed by atoms with E-state index in [1.165, 1.54) is 60.1 Å². The molecular formula is C46H25B5. The number of fused-ring (bicyclic) bond motifs is 4. The van der Waals surface area contributed by atoms with Crippen LogP contribution in [0, 0.1) is 0 Å². The van der Waals surface area contributed by atoms with Crippen molar-refractivity contribution in [3.63, 3.8) is 0 Å². The van der Waals surface area contributed by atoms with E-state index in [1.54, 1.807) is 0 Å². The summed E-state index contributed by atoms with van der Waals surface area (Å²) in [5.41, 5.74) is 9.93. The summed E-state index contributed by atoms with van der Waals surface area (Å²) in [4.78, 5) is 0. The third kappa shape index (κ3) is 4.98. The van der Waals surface area contributed by atoms with E-state index in [0.29, 0.717) is 16.5 Å². The first kappa shape index (κ1) is 31.3. The van der Waals surface area contributed by atoms with Crippen LogP contribution in [0.3, 0.4) is 0 Å². The molecular weight excluding hydrogens is 607 g/mol. The smallest absolute Gasteiger partial charge is 0.112 e. The van der Waals surface area contributed by atoms with Gasteiger partial charge in [-0.2, -0.15) is 0 Å². The molecule has 9 aromatic rings. The van der Waals surface area contributed by atoms with Crippen LogP contribution in [0.4, 0.5) is 0 Å². The fraction of sp³-hybridized carbons (Fsp3) is 0. The van der Waals surface area contributed by atoms with Crippen molar-refractivity contribution in [1.29, 1.82) is 0 Å². The molecule has 0 fully saturated rings. The molecule has 0 saturated heterocycles. The lowest BCUT2D eigenvalue weighted by Crippen LogP contribution is -2.55. The van der Waals surface area contributed by atoms with Crippen LogP contribution in [0.25, 0.3) is 87.6 Å². The monoisotopic (exact) mass is 632 g/mol. The van der Waals surface area contributed by atoms with Gasteiger partial charge in [0.05, 0.1) is 0 Å². The van der Waals surface area contributed by atoms with Gasteiger partial charge in [-0.15, -0.1) is 16.4 Å². The molecule has 9 rings (SSSR count). The molecule has 0 nitrogen and oxygen atoms in total. The summed E-state index contributed by atoms with van der Waals surface area (Å²) in [5, 5.41) is 9.36. The summed E-state index contributed by atoms with van der Waals surface area (Å²) in [6, 6.07) is 54.2. The lowest BCUT2D eigenvalue weighted by Gasteiger charge is -2.22. The van der Waals surface area contributed by atoms with Gasteiger partial charge in [0.2, 0.25) is 0 Å². The Kier molecular flexibility index (Phi) is 7.55. The van der Waals surface area contributed by atoms with Crippen LogP contribution in [0.5, 0.6) is 0 Å². The summed E-state index contributed by atoms with van der Waals surface area (Å²) < 4.78 is 0. The van der Waals surface area contributed by atoms with E-state index in [2.05, 4.69) is 146 Å². The Morgan fingerprint density at radius 1 is 0.255 bits per heavy atom. The maximum absolute atomic E-state index is 6.47. The van der Waals surface area contributed by atoms with Crippen LogP contribution in [-0.4, -0.2) is 39.2 Å². The van der Waals surface area contributed by atoms with Crippen molar-refractivity contribution < 1.29 is 0 Å². The van der Waals surface area contributed by atoms with Gasteiger partial charge in [0.15, 0.2) is 0 Å². The number of hydrogen-bond acceptors (Lipinski definition) is 0. The third-order valence-corrected chi connectivity index (χ3v) is 10.3. The molecule has 0 N–H and O–H groups in total. The molecule has 5 heteroatoms. The molecule has 0 aliphatic rings. The first-order valence-electron chi connectivity index (χ1n) is 17.0. The van der Waals surface area contributed by atoms with Gasteiger partial charge in [0, 0.05) is 0 Å². The molecule has 0 heterocycles. The Labute approximate surface area is 304 Å². The lowest BCUT2D eigenvalue weighted by atomic mass is 9.59. The van der Waals surface area contributed by atoms with E-state index in [4.69, 9.17) is 39.2 Å². The predicted molar refractivity (Wildman–Crippen MR) is 225 cm³/mol. The summed E-state index contributed by atoms with van der Waals surface area (Å²) in [6.45, 7) is 0. The topological polar surface area (TPSA) is 0 Å². The fourth-order valence-electron chi connectivity index (χ4n) is 7.83. The van der Waals surface area contributed by atoms with Crippen molar-refractivity contribution in [2.24, 2.45) is 0 Å². The molecule has 9 aromatic carbocycles. The van der Waals surface area contributed by atoms with Crippen LogP contribution in [-0.2, 0) is 0 Å². The molecule has 0 atom stereocenters. The van der Waals surface area contributed by atoms with E-state index in [1.807, 2.05) is 6.07 Å². The molecule has 0 unspecified atom stereocenters. The highest BCUT2D eigenvalue weighted by atomic mass is 14.2. The largest absolute Gasteiger partial charge is 0.113 e. The van der Waals surface area contributed by atoms with Gasteiger partial charge in [-0.25, -0.2) is 0 Å². The van der Waals surface area contributed by atoms with Gasteiger partial charge in [-0.1, -0.05) is 150 Å². The van der Waals surface area contributed by atoms with Crippen molar-refractivity contribution >= 4 is 110 Å². The zero-order valence-electron chi connectivity index (χ0n) is 27.8. The normalized spacial score (nSPS) is 11.5. The summed E-state index contributed by atoms with van der Waals surface area (Å²) in [6.07, 6.45) is 0. The Morgan fingerprint density at radius 2 is 0.667 bits per heavy atom. The predicted octanol–water partition coefficient (Wildman–Crippen LogP) is 6.94. The van der Waals surface area contributed by atoms with E-state index in [-0.39, 0.29) is 16.4 Å². The highest BCUT2D eigenvalue weighted by molar-refractivity contribution is 6.68. The van der Waals surface area contributed by atoms with Gasteiger partial charge in [-0.3, -0.25) is 0 Å². The van der Waals surface area contributed by atoms with Crippen LogP contribution in [0.2, 0.25) is 0 Å². The summed E-state index contributed by atoms with van der Waals surface area (Å²) in [5.74, 6) is 0. The Hall–Kier alpha value is -5.66. The van der Waals surface area contributed by atoms with E-state index >= 15 is 0 Å². The fourth-order valence-corrected chi connectivity index (χ4v) is 7.83. The SMILES string of the molecule is [B]c1c([B])c([B])c(-c2ccc3ccc(-c4c5ccccc5c(-c5ccc(-c6ccccc6)c6ccccc56)c5ccccc45)cc3c2)c([B])c1[B]. The van der Waals surface area contributed by atoms with Gasteiger partial charge in [-0.05, 0) is 99.7 Å². The van der Waals surface area contributed by atoms with Gasteiger partial charge in [0.1, 0.15) is 39.2 Å². The number of benzene rings is 9. The van der Waals surface area contributed by atoms with Crippen LogP contribution >= 0.6 is 0 Å². The average Bonchev–Trinajstić information content (AvgIpc) is 3.18. The minimum absolute atomic E-state index is 0.208. The van der Waals surface area contributed by atoms with Crippen molar-refractivity contribution in [2.75, 3.05) is 0 Å². The van der Waals surface area contributed by atoms with Crippen LogP contribution in [0.1, 0.15) is 0 Å². The zero-order chi connectivity index (χ0) is 34.8. The Balaban J connectivity index is 1.29. The second-order valence-electron chi connectivity index (χ2n) is 13.1. The summed E-state index contributed by atoms with van der Waals surface area (Å²) in [7, 11) is 31.5. The van der Waals surface area contributed by atoms with Crippen molar-refractivity contribution in [2.45, 2.75) is 0 Å². The molecule has 0 saturated carbocycles. The molecule has 224 valence electrons. The van der Waals surface area contributed by atoms with E-state index < -0.39 is 0 Å². The standard InChI is InChI=1S/C46H25B5/c47-42-40(43(48)45(50)46(51)44(42)49)29-21-19-26-18-20-28(24-30(26)25-29)39-34-14-6-8-16-36(34)41(37-17-9-7-15-35(37)39)38-23-22-31(27-10-2-1-3-11-27)32-12-4-5-13-33(32)38/h1-25H. The molecule has 0 spiro atoms. The van der Waals surface area contributed by atoms with Crippen LogP contribution < -0.4 is 27.3 Å². The van der Waals surface area contributed by atoms with Crippen LogP contribution in [0.15, 0.2) is 152 Å². The van der Waals surface area contributed by atoms with Gasteiger partial charge < -0.3 is 0 Å². The highest BCUT2D eigenvalue weighted by Gasteiger charge is 2.19. The second kappa shape index (κ2) is 12.3. The molecule has 10 radical (unpaired) electrons. The minimum atomic E-state index is 0.208. The van der Waals surface area contributed by atoms with Gasteiger partial charge in [0.25, 0.3) is 0 Å².